The molecule has 2 aliphatic rings. The summed E-state index contributed by atoms with van der Waals surface area (Å²) in [5, 5.41) is 4.87. The number of halogens is 1. The average molecular weight is 478 g/mol. The second kappa shape index (κ2) is 10.6. The fraction of sp³-hybridized carbons (Fsp3) is 0.429. The predicted octanol–water partition coefficient (Wildman–Crippen LogP) is 5.67. The predicted molar refractivity (Wildman–Crippen MR) is 131 cm³/mol. The van der Waals surface area contributed by atoms with Crippen LogP contribution in [0.4, 0.5) is 4.39 Å². The van der Waals surface area contributed by atoms with Crippen LogP contribution in [-0.2, 0) is 22.5 Å². The maximum absolute atomic E-state index is 14.0. The smallest absolute Gasteiger partial charge is 0.227 e. The van der Waals surface area contributed by atoms with Gasteiger partial charge in [-0.3, -0.25) is 4.79 Å². The van der Waals surface area contributed by atoms with Gasteiger partial charge in [0, 0.05) is 25.1 Å². The minimum atomic E-state index is -0.370. The van der Waals surface area contributed by atoms with Crippen molar-refractivity contribution in [2.24, 2.45) is 5.92 Å². The first-order valence-electron chi connectivity index (χ1n) is 12.6. The van der Waals surface area contributed by atoms with Gasteiger partial charge >= 0.3 is 0 Å². The lowest BCUT2D eigenvalue weighted by Crippen LogP contribution is -2.42. The van der Waals surface area contributed by atoms with Crippen LogP contribution in [-0.4, -0.2) is 39.8 Å². The molecule has 2 heterocycles. The molecule has 0 spiro atoms. The number of para-hydroxylation sites is 1. The first-order chi connectivity index (χ1) is 17.1. The molecule has 3 aromatic rings. The minimum absolute atomic E-state index is 0.0564. The first kappa shape index (κ1) is 23.5. The summed E-state index contributed by atoms with van der Waals surface area (Å²) in [5.74, 6) is 0.793. The van der Waals surface area contributed by atoms with Gasteiger partial charge in [-0.2, -0.15) is 5.10 Å². The molecule has 2 aromatic carbocycles. The summed E-state index contributed by atoms with van der Waals surface area (Å²) in [4.78, 5) is 15.4. The van der Waals surface area contributed by atoms with Crippen molar-refractivity contribution in [1.82, 2.24) is 14.7 Å². The van der Waals surface area contributed by atoms with Gasteiger partial charge in [0.1, 0.15) is 11.6 Å². The highest BCUT2D eigenvalue weighted by molar-refractivity contribution is 5.79. The SMILES string of the molecule is CCc1nn(-c2ccccc2)c(Oc2cccc(F)c2)c1CN(CC1CCCO1)C(=O)C1CCC1. The standard InChI is InChI=1S/C28H32FN3O3/c1-2-26-25(19-31(18-24-15-8-16-34-24)27(33)20-9-6-10-20)28(35-23-14-7-11-21(29)17-23)32(30-26)22-12-4-3-5-13-22/h3-5,7,11-14,17,20,24H,2,6,8-10,15-16,18-19H2,1H3. The van der Waals surface area contributed by atoms with Crippen LogP contribution in [0.1, 0.15) is 50.3 Å². The lowest BCUT2D eigenvalue weighted by atomic mass is 9.84. The molecule has 1 amide bonds. The van der Waals surface area contributed by atoms with Crippen molar-refractivity contribution in [3.8, 4) is 17.3 Å². The molecule has 2 fully saturated rings. The number of amides is 1. The van der Waals surface area contributed by atoms with Crippen molar-refractivity contribution in [3.05, 3.63) is 71.7 Å². The number of ether oxygens (including phenoxy) is 2. The highest BCUT2D eigenvalue weighted by Gasteiger charge is 2.33. The highest BCUT2D eigenvalue weighted by Crippen LogP contribution is 2.35. The van der Waals surface area contributed by atoms with Gasteiger partial charge in [-0.05, 0) is 56.4 Å². The van der Waals surface area contributed by atoms with Crippen LogP contribution in [0.5, 0.6) is 11.6 Å². The van der Waals surface area contributed by atoms with Gasteiger partial charge in [0.25, 0.3) is 0 Å². The van der Waals surface area contributed by atoms with E-state index in [1.165, 1.54) is 12.1 Å². The zero-order valence-corrected chi connectivity index (χ0v) is 20.2. The molecule has 0 radical (unpaired) electrons. The maximum Gasteiger partial charge on any atom is 0.227 e. The number of nitrogens with zero attached hydrogens (tertiary/aromatic N) is 3. The van der Waals surface area contributed by atoms with E-state index in [1.54, 1.807) is 16.8 Å². The normalized spacial score (nSPS) is 17.8. The Hall–Kier alpha value is -3.19. The second-order valence-electron chi connectivity index (χ2n) is 9.37. The molecular formula is C28H32FN3O3. The number of aromatic nitrogens is 2. The summed E-state index contributed by atoms with van der Waals surface area (Å²) in [7, 11) is 0. The van der Waals surface area contributed by atoms with Gasteiger partial charge in [0.2, 0.25) is 11.8 Å². The number of hydrogen-bond donors (Lipinski definition) is 0. The van der Waals surface area contributed by atoms with E-state index >= 15 is 0 Å². The fourth-order valence-electron chi connectivity index (χ4n) is 4.78. The van der Waals surface area contributed by atoms with E-state index in [2.05, 4.69) is 0 Å². The largest absolute Gasteiger partial charge is 0.438 e. The molecule has 0 bridgehead atoms. The molecule has 184 valence electrons. The number of carbonyl (C=O) groups is 1. The van der Waals surface area contributed by atoms with Crippen molar-refractivity contribution in [3.63, 3.8) is 0 Å². The van der Waals surface area contributed by atoms with Gasteiger partial charge in [-0.25, -0.2) is 9.07 Å². The minimum Gasteiger partial charge on any atom is -0.438 e. The van der Waals surface area contributed by atoms with E-state index < -0.39 is 0 Å². The quantitative estimate of drug-likeness (QED) is 0.398. The molecule has 1 saturated heterocycles. The van der Waals surface area contributed by atoms with Crippen molar-refractivity contribution < 1.29 is 18.7 Å². The number of hydrogen-bond acceptors (Lipinski definition) is 4. The zero-order chi connectivity index (χ0) is 24.2. The summed E-state index contributed by atoms with van der Waals surface area (Å²) < 4.78 is 27.9. The molecule has 1 unspecified atom stereocenters. The molecule has 1 aromatic heterocycles. The Morgan fingerprint density at radius 3 is 2.63 bits per heavy atom. The summed E-state index contributed by atoms with van der Waals surface area (Å²) >= 11 is 0. The first-order valence-corrected chi connectivity index (χ1v) is 12.6. The van der Waals surface area contributed by atoms with Gasteiger partial charge < -0.3 is 14.4 Å². The maximum atomic E-state index is 14.0. The third kappa shape index (κ3) is 5.25. The summed E-state index contributed by atoms with van der Waals surface area (Å²) in [6.45, 7) is 3.74. The monoisotopic (exact) mass is 477 g/mol. The number of benzene rings is 2. The molecular weight excluding hydrogens is 445 g/mol. The van der Waals surface area contributed by atoms with Crippen LogP contribution in [0.3, 0.4) is 0 Å². The van der Waals surface area contributed by atoms with Gasteiger partial charge in [-0.15, -0.1) is 0 Å². The van der Waals surface area contributed by atoms with Crippen molar-refractivity contribution in [2.45, 2.75) is 58.1 Å². The Kier molecular flexibility index (Phi) is 7.13. The molecule has 1 aliphatic carbocycles. The lowest BCUT2D eigenvalue weighted by Gasteiger charge is -2.33. The Morgan fingerprint density at radius 2 is 1.97 bits per heavy atom. The topological polar surface area (TPSA) is 56.6 Å². The Morgan fingerprint density at radius 1 is 1.14 bits per heavy atom. The molecule has 35 heavy (non-hydrogen) atoms. The zero-order valence-electron chi connectivity index (χ0n) is 20.2. The van der Waals surface area contributed by atoms with Crippen LogP contribution in [0.25, 0.3) is 5.69 Å². The Balaban J connectivity index is 1.54. The van der Waals surface area contributed by atoms with Crippen LogP contribution < -0.4 is 4.74 Å². The van der Waals surface area contributed by atoms with Crippen molar-refractivity contribution >= 4 is 5.91 Å². The van der Waals surface area contributed by atoms with Crippen LogP contribution in [0.15, 0.2) is 54.6 Å². The number of aryl methyl sites for hydroxylation is 1. The summed E-state index contributed by atoms with van der Waals surface area (Å²) in [6, 6.07) is 15.8. The van der Waals surface area contributed by atoms with Crippen molar-refractivity contribution in [1.29, 1.82) is 0 Å². The number of carbonyl (C=O) groups excluding carboxylic acids is 1. The number of rotatable bonds is 9. The molecule has 6 nitrogen and oxygen atoms in total. The molecule has 5 rings (SSSR count). The second-order valence-corrected chi connectivity index (χ2v) is 9.37. The molecule has 1 aliphatic heterocycles. The fourth-order valence-corrected chi connectivity index (χ4v) is 4.78. The van der Waals surface area contributed by atoms with E-state index in [0.717, 1.165) is 55.7 Å². The van der Waals surface area contributed by atoms with E-state index in [9.17, 15) is 9.18 Å². The van der Waals surface area contributed by atoms with E-state index in [-0.39, 0.29) is 23.7 Å². The molecule has 1 atom stereocenters. The lowest BCUT2D eigenvalue weighted by molar-refractivity contribution is -0.140. The third-order valence-electron chi connectivity index (χ3n) is 6.93. The van der Waals surface area contributed by atoms with Gasteiger partial charge in [0.05, 0.1) is 29.6 Å². The average Bonchev–Trinajstić information content (AvgIpc) is 3.46. The van der Waals surface area contributed by atoms with E-state index in [4.69, 9.17) is 14.6 Å². The van der Waals surface area contributed by atoms with Crippen LogP contribution in [0.2, 0.25) is 0 Å². The van der Waals surface area contributed by atoms with Crippen molar-refractivity contribution in [2.75, 3.05) is 13.2 Å². The van der Waals surface area contributed by atoms with Crippen LogP contribution in [0, 0.1) is 11.7 Å². The van der Waals surface area contributed by atoms with Gasteiger partial charge in [-0.1, -0.05) is 37.6 Å². The van der Waals surface area contributed by atoms with Gasteiger partial charge in [0.15, 0.2) is 0 Å². The summed E-state index contributed by atoms with van der Waals surface area (Å²) in [5.41, 5.74) is 2.56. The molecule has 7 heteroatoms. The highest BCUT2D eigenvalue weighted by atomic mass is 19.1. The molecule has 0 N–H and O–H groups in total. The molecule has 1 saturated carbocycles. The van der Waals surface area contributed by atoms with E-state index in [1.807, 2.05) is 42.2 Å². The Labute approximate surface area is 205 Å². The summed E-state index contributed by atoms with van der Waals surface area (Å²) in [6.07, 6.45) is 5.71. The van der Waals surface area contributed by atoms with Crippen LogP contribution >= 0.6 is 0 Å². The third-order valence-corrected chi connectivity index (χ3v) is 6.93. The Bertz CT molecular complexity index is 1150. The van der Waals surface area contributed by atoms with E-state index in [0.29, 0.717) is 31.1 Å².